The summed E-state index contributed by atoms with van der Waals surface area (Å²) in [6.07, 6.45) is 1.04. The van der Waals surface area contributed by atoms with Crippen molar-refractivity contribution >= 4 is 11.6 Å². The molecule has 0 heterocycles. The summed E-state index contributed by atoms with van der Waals surface area (Å²) >= 11 is 0. The van der Waals surface area contributed by atoms with Crippen LogP contribution in [0.1, 0.15) is 43.4 Å². The summed E-state index contributed by atoms with van der Waals surface area (Å²) in [5.74, 6) is 0.239. The Morgan fingerprint density at radius 3 is 2.35 bits per heavy atom. The summed E-state index contributed by atoms with van der Waals surface area (Å²) in [5.41, 5.74) is 3.29. The van der Waals surface area contributed by atoms with Crippen LogP contribution in [0.2, 0.25) is 0 Å². The van der Waals surface area contributed by atoms with Crippen molar-refractivity contribution in [3.63, 3.8) is 0 Å². The minimum atomic E-state index is -0.269. The monoisotopic (exact) mass is 306 g/mol. The van der Waals surface area contributed by atoms with E-state index in [2.05, 4.69) is 37.4 Å². The Labute approximate surface area is 138 Å². The smallest absolute Gasteiger partial charge is 0.231 e. The molecule has 0 saturated heterocycles. The fourth-order valence-corrected chi connectivity index (χ4v) is 2.50. The second kappa shape index (κ2) is 7.60. The summed E-state index contributed by atoms with van der Waals surface area (Å²) in [5, 5.41) is 11.9. The van der Waals surface area contributed by atoms with Crippen molar-refractivity contribution in [1.82, 2.24) is 0 Å². The van der Waals surface area contributed by atoms with Gasteiger partial charge in [-0.25, -0.2) is 0 Å². The van der Waals surface area contributed by atoms with Crippen LogP contribution in [0.25, 0.3) is 0 Å². The van der Waals surface area contributed by atoms with E-state index in [9.17, 15) is 4.79 Å². The zero-order valence-corrected chi connectivity index (χ0v) is 13.8. The highest BCUT2D eigenvalue weighted by Gasteiger charge is 2.16. The predicted octanol–water partition coefficient (Wildman–Crippen LogP) is 4.50. The molecule has 0 radical (unpaired) electrons. The molecular weight excluding hydrogens is 284 g/mol. The van der Waals surface area contributed by atoms with E-state index in [1.54, 1.807) is 18.2 Å². The number of para-hydroxylation sites is 1. The van der Waals surface area contributed by atoms with Crippen LogP contribution in [0.5, 0.6) is 0 Å². The molecule has 1 amide bonds. The van der Waals surface area contributed by atoms with Crippen LogP contribution < -0.4 is 5.32 Å². The molecule has 3 heteroatoms. The van der Waals surface area contributed by atoms with Gasteiger partial charge in [0.1, 0.15) is 6.07 Å². The van der Waals surface area contributed by atoms with Crippen LogP contribution in [-0.4, -0.2) is 5.91 Å². The predicted molar refractivity (Wildman–Crippen MR) is 93.2 cm³/mol. The van der Waals surface area contributed by atoms with Crippen LogP contribution in [0.3, 0.4) is 0 Å². The highest BCUT2D eigenvalue weighted by molar-refractivity contribution is 5.96. The van der Waals surface area contributed by atoms with E-state index in [0.717, 1.165) is 12.0 Å². The molecule has 0 aliphatic rings. The number of nitriles is 1. The number of carbonyl (C=O) groups excluding carboxylic acids is 1. The first-order valence-corrected chi connectivity index (χ1v) is 7.90. The lowest BCUT2D eigenvalue weighted by molar-refractivity contribution is -0.117. The van der Waals surface area contributed by atoms with Crippen molar-refractivity contribution in [2.24, 2.45) is 5.92 Å². The maximum absolute atomic E-state index is 12.4. The SMILES string of the molecule is CC(C)Cc1ccc([C@@H](C)C(=O)Nc2ccccc2C#N)cc1. The maximum atomic E-state index is 12.4. The normalized spacial score (nSPS) is 11.8. The first kappa shape index (κ1) is 16.8. The van der Waals surface area contributed by atoms with Gasteiger partial charge in [0.15, 0.2) is 0 Å². The second-order valence-corrected chi connectivity index (χ2v) is 6.21. The van der Waals surface area contributed by atoms with Gasteiger partial charge in [-0.3, -0.25) is 4.79 Å². The molecule has 0 aliphatic heterocycles. The number of nitrogens with one attached hydrogen (secondary N) is 1. The lowest BCUT2D eigenvalue weighted by Crippen LogP contribution is -2.19. The van der Waals surface area contributed by atoms with Crippen molar-refractivity contribution in [3.8, 4) is 6.07 Å². The number of rotatable bonds is 5. The third kappa shape index (κ3) is 4.43. The molecule has 3 nitrogen and oxygen atoms in total. The van der Waals surface area contributed by atoms with Crippen LogP contribution in [0.4, 0.5) is 5.69 Å². The highest BCUT2D eigenvalue weighted by Crippen LogP contribution is 2.21. The van der Waals surface area contributed by atoms with Gasteiger partial charge in [-0.2, -0.15) is 5.26 Å². The maximum Gasteiger partial charge on any atom is 0.231 e. The lowest BCUT2D eigenvalue weighted by atomic mass is 9.96. The van der Waals surface area contributed by atoms with Crippen molar-refractivity contribution in [3.05, 3.63) is 65.2 Å². The molecule has 0 aromatic heterocycles. The van der Waals surface area contributed by atoms with Gasteiger partial charge >= 0.3 is 0 Å². The molecule has 23 heavy (non-hydrogen) atoms. The van der Waals surface area contributed by atoms with Gasteiger partial charge in [-0.15, -0.1) is 0 Å². The molecule has 0 saturated carbocycles. The molecule has 0 aliphatic carbocycles. The van der Waals surface area contributed by atoms with E-state index in [1.807, 2.05) is 25.1 Å². The van der Waals surface area contributed by atoms with Crippen LogP contribution >= 0.6 is 0 Å². The Kier molecular flexibility index (Phi) is 5.54. The Bertz CT molecular complexity index is 711. The topological polar surface area (TPSA) is 52.9 Å². The van der Waals surface area contributed by atoms with Gasteiger partial charge < -0.3 is 5.32 Å². The highest BCUT2D eigenvalue weighted by atomic mass is 16.1. The van der Waals surface area contributed by atoms with Gasteiger partial charge in [0.25, 0.3) is 0 Å². The standard InChI is InChI=1S/C20H22N2O/c1-14(2)12-16-8-10-17(11-9-16)15(3)20(23)22-19-7-5-4-6-18(19)13-21/h4-11,14-15H,12H2,1-3H3,(H,22,23)/t15-/m1/s1. The molecule has 1 atom stereocenters. The molecule has 0 fully saturated rings. The Morgan fingerprint density at radius 1 is 1.09 bits per heavy atom. The van der Waals surface area contributed by atoms with Gasteiger partial charge in [0.2, 0.25) is 5.91 Å². The molecule has 1 N–H and O–H groups in total. The van der Waals surface area contributed by atoms with Gasteiger partial charge in [0.05, 0.1) is 17.2 Å². The largest absolute Gasteiger partial charge is 0.324 e. The molecule has 0 unspecified atom stereocenters. The molecular formula is C20H22N2O. The Balaban J connectivity index is 2.09. The van der Waals surface area contributed by atoms with E-state index in [4.69, 9.17) is 5.26 Å². The third-order valence-corrected chi connectivity index (χ3v) is 3.82. The summed E-state index contributed by atoms with van der Waals surface area (Å²) in [6, 6.07) is 17.3. The van der Waals surface area contributed by atoms with Crippen molar-refractivity contribution in [1.29, 1.82) is 5.26 Å². The van der Waals surface area contributed by atoms with E-state index in [-0.39, 0.29) is 11.8 Å². The minimum Gasteiger partial charge on any atom is -0.324 e. The molecule has 0 spiro atoms. The van der Waals surface area contributed by atoms with Gasteiger partial charge in [-0.1, -0.05) is 50.2 Å². The number of nitrogens with zero attached hydrogens (tertiary/aromatic N) is 1. The minimum absolute atomic E-state index is 0.107. The second-order valence-electron chi connectivity index (χ2n) is 6.21. The first-order valence-electron chi connectivity index (χ1n) is 7.90. The Hall–Kier alpha value is -2.60. The molecule has 118 valence electrons. The average Bonchev–Trinajstić information content (AvgIpc) is 2.55. The molecule has 2 aromatic rings. The van der Waals surface area contributed by atoms with Gasteiger partial charge in [-0.05, 0) is 42.5 Å². The molecule has 2 rings (SSSR count). The third-order valence-electron chi connectivity index (χ3n) is 3.82. The fraction of sp³-hybridized carbons (Fsp3) is 0.300. The molecule has 2 aromatic carbocycles. The average molecular weight is 306 g/mol. The van der Waals surface area contributed by atoms with Crippen LogP contribution in [0, 0.1) is 17.2 Å². The Morgan fingerprint density at radius 2 is 1.74 bits per heavy atom. The number of hydrogen-bond donors (Lipinski definition) is 1. The van der Waals surface area contributed by atoms with E-state index in [1.165, 1.54) is 5.56 Å². The van der Waals surface area contributed by atoms with Crippen molar-refractivity contribution in [2.45, 2.75) is 33.1 Å². The van der Waals surface area contributed by atoms with E-state index < -0.39 is 0 Å². The summed E-state index contributed by atoms with van der Waals surface area (Å²) in [7, 11) is 0. The quantitative estimate of drug-likeness (QED) is 0.884. The molecule has 0 bridgehead atoms. The lowest BCUT2D eigenvalue weighted by Gasteiger charge is -2.14. The summed E-state index contributed by atoms with van der Waals surface area (Å²) in [6.45, 7) is 6.26. The number of hydrogen-bond acceptors (Lipinski definition) is 2. The van der Waals surface area contributed by atoms with Gasteiger partial charge in [0, 0.05) is 0 Å². The first-order chi connectivity index (χ1) is 11.0. The van der Waals surface area contributed by atoms with E-state index >= 15 is 0 Å². The van der Waals surface area contributed by atoms with Crippen LogP contribution in [0.15, 0.2) is 48.5 Å². The summed E-state index contributed by atoms with van der Waals surface area (Å²) in [4.78, 5) is 12.4. The van der Waals surface area contributed by atoms with E-state index in [0.29, 0.717) is 17.2 Å². The van der Waals surface area contributed by atoms with Crippen molar-refractivity contribution in [2.75, 3.05) is 5.32 Å². The number of amides is 1. The fourth-order valence-electron chi connectivity index (χ4n) is 2.50. The number of benzene rings is 2. The zero-order chi connectivity index (χ0) is 16.8. The van der Waals surface area contributed by atoms with Crippen molar-refractivity contribution < 1.29 is 4.79 Å². The number of carbonyl (C=O) groups is 1. The summed E-state index contributed by atoms with van der Waals surface area (Å²) < 4.78 is 0. The number of anilines is 1. The van der Waals surface area contributed by atoms with Crippen LogP contribution in [-0.2, 0) is 11.2 Å². The zero-order valence-electron chi connectivity index (χ0n) is 13.8.